The molecule has 1 saturated heterocycles. The fourth-order valence-corrected chi connectivity index (χ4v) is 2.83. The summed E-state index contributed by atoms with van der Waals surface area (Å²) in [5.74, 6) is -0.135. The quantitative estimate of drug-likeness (QED) is 0.788. The van der Waals surface area contributed by atoms with Gasteiger partial charge in [0.2, 0.25) is 0 Å². The molecule has 1 rings (SSSR count). The van der Waals surface area contributed by atoms with Gasteiger partial charge in [-0.3, -0.25) is 4.79 Å². The van der Waals surface area contributed by atoms with Crippen LogP contribution in [0.25, 0.3) is 0 Å². The SMILES string of the molecule is CCCC(CC(=O)O)NC(=O)N1CCCC(CC)CC1. The molecule has 0 aromatic carbocycles. The number of carbonyl (C=O) groups is 2. The van der Waals surface area contributed by atoms with E-state index in [0.29, 0.717) is 6.42 Å². The molecule has 1 aliphatic rings. The maximum atomic E-state index is 12.2. The Morgan fingerprint density at radius 3 is 2.65 bits per heavy atom. The highest BCUT2D eigenvalue weighted by molar-refractivity contribution is 5.76. The van der Waals surface area contributed by atoms with E-state index in [2.05, 4.69) is 12.2 Å². The van der Waals surface area contributed by atoms with E-state index in [0.717, 1.165) is 38.3 Å². The molecule has 5 heteroatoms. The number of aliphatic carboxylic acids is 1. The number of nitrogens with zero attached hydrogens (tertiary/aromatic N) is 1. The fourth-order valence-electron chi connectivity index (χ4n) is 2.83. The maximum Gasteiger partial charge on any atom is 0.317 e. The molecule has 1 fully saturated rings. The van der Waals surface area contributed by atoms with Crippen LogP contribution in [-0.2, 0) is 4.79 Å². The lowest BCUT2D eigenvalue weighted by Crippen LogP contribution is -2.46. The van der Waals surface area contributed by atoms with Crippen molar-refractivity contribution in [3.63, 3.8) is 0 Å². The molecule has 0 saturated carbocycles. The van der Waals surface area contributed by atoms with Crippen molar-refractivity contribution in [1.29, 1.82) is 0 Å². The maximum absolute atomic E-state index is 12.2. The zero-order valence-corrected chi connectivity index (χ0v) is 12.7. The van der Waals surface area contributed by atoms with E-state index in [4.69, 9.17) is 5.11 Å². The Labute approximate surface area is 121 Å². The van der Waals surface area contributed by atoms with E-state index < -0.39 is 5.97 Å². The Morgan fingerprint density at radius 1 is 1.30 bits per heavy atom. The van der Waals surface area contributed by atoms with E-state index in [9.17, 15) is 9.59 Å². The Bertz CT molecular complexity index is 320. The minimum Gasteiger partial charge on any atom is -0.481 e. The molecule has 5 nitrogen and oxygen atoms in total. The Balaban J connectivity index is 2.48. The first-order chi connectivity index (χ1) is 9.56. The van der Waals surface area contributed by atoms with E-state index in [1.54, 1.807) is 0 Å². The van der Waals surface area contributed by atoms with Crippen molar-refractivity contribution >= 4 is 12.0 Å². The number of likely N-dealkylation sites (tertiary alicyclic amines) is 1. The second-order valence-electron chi connectivity index (χ2n) is 5.73. The number of urea groups is 1. The van der Waals surface area contributed by atoms with Gasteiger partial charge in [0.25, 0.3) is 0 Å². The summed E-state index contributed by atoms with van der Waals surface area (Å²) in [6.45, 7) is 5.77. The van der Waals surface area contributed by atoms with Crippen LogP contribution in [0.1, 0.15) is 58.8 Å². The summed E-state index contributed by atoms with van der Waals surface area (Å²) in [5, 5.41) is 11.8. The molecule has 2 amide bonds. The molecule has 116 valence electrons. The standard InChI is InChI=1S/C15H28N2O3/c1-3-6-13(11-14(18)19)16-15(20)17-9-5-7-12(4-2)8-10-17/h12-13H,3-11H2,1-2H3,(H,16,20)(H,18,19). The predicted octanol–water partition coefficient (Wildman–Crippen LogP) is 2.85. The van der Waals surface area contributed by atoms with Gasteiger partial charge in [0.05, 0.1) is 6.42 Å². The lowest BCUT2D eigenvalue weighted by atomic mass is 9.98. The zero-order chi connectivity index (χ0) is 15.0. The summed E-state index contributed by atoms with van der Waals surface area (Å²) in [4.78, 5) is 24.9. The van der Waals surface area contributed by atoms with Gasteiger partial charge in [-0.1, -0.05) is 26.7 Å². The highest BCUT2D eigenvalue weighted by Gasteiger charge is 2.22. The second-order valence-corrected chi connectivity index (χ2v) is 5.73. The summed E-state index contributed by atoms with van der Waals surface area (Å²) in [6.07, 6.45) is 6.05. The van der Waals surface area contributed by atoms with E-state index in [1.807, 2.05) is 11.8 Å². The first kappa shape index (κ1) is 16.8. The normalized spacial score (nSPS) is 21.1. The summed E-state index contributed by atoms with van der Waals surface area (Å²) in [6, 6.07) is -0.350. The average Bonchev–Trinajstić information content (AvgIpc) is 2.63. The minimum atomic E-state index is -0.856. The largest absolute Gasteiger partial charge is 0.481 e. The van der Waals surface area contributed by atoms with Crippen molar-refractivity contribution in [2.24, 2.45) is 5.92 Å². The number of hydrogen-bond donors (Lipinski definition) is 2. The molecule has 0 radical (unpaired) electrons. The molecule has 1 aliphatic heterocycles. The number of rotatable bonds is 6. The van der Waals surface area contributed by atoms with Crippen molar-refractivity contribution in [3.05, 3.63) is 0 Å². The van der Waals surface area contributed by atoms with Crippen LogP contribution >= 0.6 is 0 Å². The van der Waals surface area contributed by atoms with Gasteiger partial charge >= 0.3 is 12.0 Å². The number of carbonyl (C=O) groups excluding carboxylic acids is 1. The smallest absolute Gasteiger partial charge is 0.317 e. The highest BCUT2D eigenvalue weighted by atomic mass is 16.4. The molecule has 0 bridgehead atoms. The van der Waals surface area contributed by atoms with Gasteiger partial charge in [-0.25, -0.2) is 4.79 Å². The molecule has 2 N–H and O–H groups in total. The minimum absolute atomic E-state index is 0.00497. The summed E-state index contributed by atoms with van der Waals surface area (Å²) >= 11 is 0. The van der Waals surface area contributed by atoms with Gasteiger partial charge in [-0.15, -0.1) is 0 Å². The van der Waals surface area contributed by atoms with Gasteiger partial charge in [0, 0.05) is 19.1 Å². The van der Waals surface area contributed by atoms with E-state index in [-0.39, 0.29) is 18.5 Å². The molecule has 0 spiro atoms. The fraction of sp³-hybridized carbons (Fsp3) is 0.867. The molecule has 2 atom stereocenters. The molecule has 2 unspecified atom stereocenters. The van der Waals surface area contributed by atoms with E-state index in [1.165, 1.54) is 12.8 Å². The average molecular weight is 284 g/mol. The monoisotopic (exact) mass is 284 g/mol. The van der Waals surface area contributed by atoms with Crippen molar-refractivity contribution in [2.75, 3.05) is 13.1 Å². The van der Waals surface area contributed by atoms with Crippen LogP contribution in [0, 0.1) is 5.92 Å². The van der Waals surface area contributed by atoms with Crippen LogP contribution in [0.5, 0.6) is 0 Å². The van der Waals surface area contributed by atoms with Crippen LogP contribution in [0.3, 0.4) is 0 Å². The van der Waals surface area contributed by atoms with Crippen LogP contribution in [0.4, 0.5) is 4.79 Å². The Kier molecular flexibility index (Phi) is 7.41. The molecule has 0 aliphatic carbocycles. The van der Waals surface area contributed by atoms with Gasteiger partial charge < -0.3 is 15.3 Å². The summed E-state index contributed by atoms with van der Waals surface area (Å²) < 4.78 is 0. The van der Waals surface area contributed by atoms with Crippen LogP contribution in [-0.4, -0.2) is 41.1 Å². The third-order valence-corrected chi connectivity index (χ3v) is 4.10. The summed E-state index contributed by atoms with van der Waals surface area (Å²) in [7, 11) is 0. The lowest BCUT2D eigenvalue weighted by molar-refractivity contribution is -0.137. The molecular weight excluding hydrogens is 256 g/mol. The molecule has 0 aromatic heterocycles. The number of nitrogens with one attached hydrogen (secondary N) is 1. The predicted molar refractivity (Wildman–Crippen MR) is 78.7 cm³/mol. The van der Waals surface area contributed by atoms with Gasteiger partial charge in [0.15, 0.2) is 0 Å². The van der Waals surface area contributed by atoms with Crippen LogP contribution in [0.2, 0.25) is 0 Å². The lowest BCUT2D eigenvalue weighted by Gasteiger charge is -2.24. The molecule has 0 aromatic rings. The van der Waals surface area contributed by atoms with Crippen molar-refractivity contribution in [3.8, 4) is 0 Å². The first-order valence-electron chi connectivity index (χ1n) is 7.84. The number of hydrogen-bond acceptors (Lipinski definition) is 2. The molecule has 1 heterocycles. The van der Waals surface area contributed by atoms with Crippen molar-refractivity contribution in [2.45, 2.75) is 64.8 Å². The number of amides is 2. The van der Waals surface area contributed by atoms with Crippen molar-refractivity contribution < 1.29 is 14.7 Å². The zero-order valence-electron chi connectivity index (χ0n) is 12.7. The van der Waals surface area contributed by atoms with Crippen LogP contribution in [0.15, 0.2) is 0 Å². The topological polar surface area (TPSA) is 69.6 Å². The Hall–Kier alpha value is -1.26. The van der Waals surface area contributed by atoms with Crippen molar-refractivity contribution in [1.82, 2.24) is 10.2 Å². The first-order valence-corrected chi connectivity index (χ1v) is 7.84. The van der Waals surface area contributed by atoms with Crippen LogP contribution < -0.4 is 5.32 Å². The second kappa shape index (κ2) is 8.82. The number of carboxylic acids is 1. The third-order valence-electron chi connectivity index (χ3n) is 4.10. The van der Waals surface area contributed by atoms with E-state index >= 15 is 0 Å². The molecule has 20 heavy (non-hydrogen) atoms. The molecular formula is C15H28N2O3. The highest BCUT2D eigenvalue weighted by Crippen LogP contribution is 2.20. The third kappa shape index (κ3) is 5.80. The Morgan fingerprint density at radius 2 is 2.05 bits per heavy atom. The van der Waals surface area contributed by atoms with Gasteiger partial charge in [-0.2, -0.15) is 0 Å². The van der Waals surface area contributed by atoms with Gasteiger partial charge in [-0.05, 0) is 31.6 Å². The number of carboxylic acid groups (broad SMARTS) is 1. The van der Waals surface area contributed by atoms with Gasteiger partial charge in [0.1, 0.15) is 0 Å². The summed E-state index contributed by atoms with van der Waals surface area (Å²) in [5.41, 5.74) is 0.